The lowest BCUT2D eigenvalue weighted by atomic mass is 10.1. The molecule has 1 unspecified atom stereocenters. The Hall–Kier alpha value is -2.12. The fourth-order valence-corrected chi connectivity index (χ4v) is 3.51. The van der Waals surface area contributed by atoms with Crippen molar-refractivity contribution < 1.29 is 14.3 Å². The first-order valence-corrected chi connectivity index (χ1v) is 9.13. The second-order valence-electron chi connectivity index (χ2n) is 5.78. The molecule has 2 heterocycles. The zero-order chi connectivity index (χ0) is 17.8. The number of piperidine rings is 1. The van der Waals surface area contributed by atoms with Crippen LogP contribution in [-0.2, 0) is 11.4 Å². The summed E-state index contributed by atoms with van der Waals surface area (Å²) in [5, 5.41) is 7.09. The number of carbonyl (C=O) groups excluding carboxylic acids is 2. The van der Waals surface area contributed by atoms with Crippen molar-refractivity contribution >= 4 is 34.8 Å². The third-order valence-electron chi connectivity index (χ3n) is 3.82. The molecule has 1 aromatic heterocycles. The first kappa shape index (κ1) is 17.7. The van der Waals surface area contributed by atoms with Crippen molar-refractivity contribution in [3.63, 3.8) is 0 Å². The number of rotatable bonds is 5. The van der Waals surface area contributed by atoms with Crippen LogP contribution in [0, 0.1) is 6.92 Å². The monoisotopic (exact) mass is 379 g/mol. The molecule has 0 aliphatic carbocycles. The van der Waals surface area contributed by atoms with Crippen LogP contribution in [0.3, 0.4) is 0 Å². The molecule has 8 heteroatoms. The van der Waals surface area contributed by atoms with Crippen molar-refractivity contribution in [3.05, 3.63) is 44.9 Å². The summed E-state index contributed by atoms with van der Waals surface area (Å²) >= 11 is 7.16. The molecule has 1 atom stereocenters. The van der Waals surface area contributed by atoms with E-state index in [1.165, 1.54) is 11.3 Å². The fraction of sp³-hybridized carbons (Fsp3) is 0.353. The highest BCUT2D eigenvalue weighted by Crippen LogP contribution is 2.21. The Bertz CT molecular complexity index is 766. The van der Waals surface area contributed by atoms with Gasteiger partial charge in [0.2, 0.25) is 5.91 Å². The number of hydrogen-bond acceptors (Lipinski definition) is 5. The van der Waals surface area contributed by atoms with Crippen LogP contribution in [0.15, 0.2) is 24.3 Å². The quantitative estimate of drug-likeness (QED) is 0.837. The lowest BCUT2D eigenvalue weighted by molar-refractivity contribution is -0.122. The van der Waals surface area contributed by atoms with Gasteiger partial charge in [-0.2, -0.15) is 0 Å². The molecule has 2 amide bonds. The van der Waals surface area contributed by atoms with Gasteiger partial charge in [0.05, 0.1) is 5.69 Å². The number of nitrogens with zero attached hydrogens (tertiary/aromatic N) is 1. The predicted octanol–water partition coefficient (Wildman–Crippen LogP) is 2.69. The minimum atomic E-state index is -0.158. The Morgan fingerprint density at radius 2 is 2.20 bits per heavy atom. The zero-order valence-corrected chi connectivity index (χ0v) is 15.2. The largest absolute Gasteiger partial charge is 0.486 e. The van der Waals surface area contributed by atoms with Gasteiger partial charge in [-0.1, -0.05) is 11.6 Å². The lowest BCUT2D eigenvalue weighted by Gasteiger charge is -2.23. The third kappa shape index (κ3) is 4.70. The van der Waals surface area contributed by atoms with Crippen LogP contribution in [0.25, 0.3) is 0 Å². The first-order chi connectivity index (χ1) is 12.0. The number of carbonyl (C=O) groups is 2. The molecule has 25 heavy (non-hydrogen) atoms. The molecular weight excluding hydrogens is 362 g/mol. The van der Waals surface area contributed by atoms with Crippen LogP contribution in [0.1, 0.15) is 33.2 Å². The normalized spacial score (nSPS) is 17.0. The number of aromatic nitrogens is 1. The van der Waals surface area contributed by atoms with E-state index in [1.807, 2.05) is 0 Å². The van der Waals surface area contributed by atoms with Gasteiger partial charge in [-0.05, 0) is 37.6 Å². The van der Waals surface area contributed by atoms with E-state index in [0.29, 0.717) is 47.3 Å². The van der Waals surface area contributed by atoms with Gasteiger partial charge in [0.15, 0.2) is 0 Å². The molecule has 6 nitrogen and oxygen atoms in total. The summed E-state index contributed by atoms with van der Waals surface area (Å²) in [6, 6.07) is 7.04. The van der Waals surface area contributed by atoms with Crippen LogP contribution in [0.5, 0.6) is 5.75 Å². The molecule has 1 saturated heterocycles. The summed E-state index contributed by atoms with van der Waals surface area (Å²) < 4.78 is 5.67. The maximum absolute atomic E-state index is 12.4. The fourth-order valence-electron chi connectivity index (χ4n) is 2.51. The molecular formula is C17H18ClN3O3S. The Morgan fingerprint density at radius 3 is 2.88 bits per heavy atom. The van der Waals surface area contributed by atoms with Crippen molar-refractivity contribution in [3.8, 4) is 5.75 Å². The van der Waals surface area contributed by atoms with E-state index < -0.39 is 0 Å². The number of benzene rings is 1. The Balaban J connectivity index is 1.58. The van der Waals surface area contributed by atoms with Gasteiger partial charge in [-0.15, -0.1) is 11.3 Å². The topological polar surface area (TPSA) is 80.3 Å². The number of halogens is 1. The van der Waals surface area contributed by atoms with Crippen molar-refractivity contribution in [2.24, 2.45) is 0 Å². The zero-order valence-electron chi connectivity index (χ0n) is 13.7. The second-order valence-corrected chi connectivity index (χ2v) is 7.30. The minimum absolute atomic E-state index is 0.0288. The van der Waals surface area contributed by atoms with Crippen LogP contribution in [0.4, 0.5) is 0 Å². The van der Waals surface area contributed by atoms with E-state index in [1.54, 1.807) is 31.2 Å². The van der Waals surface area contributed by atoms with Crippen LogP contribution in [-0.4, -0.2) is 29.4 Å². The van der Waals surface area contributed by atoms with Gasteiger partial charge in [0.25, 0.3) is 5.91 Å². The molecule has 1 aliphatic rings. The van der Waals surface area contributed by atoms with Crippen LogP contribution >= 0.6 is 22.9 Å². The minimum Gasteiger partial charge on any atom is -0.486 e. The van der Waals surface area contributed by atoms with E-state index in [-0.39, 0.29) is 17.9 Å². The number of aryl methyl sites for hydroxylation is 1. The molecule has 132 valence electrons. The molecule has 1 aromatic carbocycles. The highest BCUT2D eigenvalue weighted by atomic mass is 35.5. The number of ether oxygens (including phenoxy) is 1. The van der Waals surface area contributed by atoms with Crippen LogP contribution < -0.4 is 15.4 Å². The summed E-state index contributed by atoms with van der Waals surface area (Å²) in [5.41, 5.74) is 0.678. The summed E-state index contributed by atoms with van der Waals surface area (Å²) in [6.07, 6.45) is 1.09. The van der Waals surface area contributed by atoms with E-state index >= 15 is 0 Å². The maximum atomic E-state index is 12.4. The highest BCUT2D eigenvalue weighted by molar-refractivity contribution is 7.13. The number of thiazole rings is 1. The van der Waals surface area contributed by atoms with Gasteiger partial charge in [-0.25, -0.2) is 4.98 Å². The predicted molar refractivity (Wildman–Crippen MR) is 96.1 cm³/mol. The first-order valence-electron chi connectivity index (χ1n) is 7.93. The van der Waals surface area contributed by atoms with Crippen molar-refractivity contribution in [1.29, 1.82) is 0 Å². The average Bonchev–Trinajstić information content (AvgIpc) is 2.97. The Morgan fingerprint density at radius 1 is 1.44 bits per heavy atom. The van der Waals surface area contributed by atoms with Gasteiger partial charge in [-0.3, -0.25) is 9.59 Å². The second kappa shape index (κ2) is 7.84. The van der Waals surface area contributed by atoms with Crippen molar-refractivity contribution in [2.75, 3.05) is 6.54 Å². The highest BCUT2D eigenvalue weighted by Gasteiger charge is 2.22. The molecule has 2 aromatic rings. The van der Waals surface area contributed by atoms with Gasteiger partial charge in [0.1, 0.15) is 22.2 Å². The number of hydrogen-bond donors (Lipinski definition) is 2. The Labute approximate surface area is 154 Å². The van der Waals surface area contributed by atoms with E-state index in [2.05, 4.69) is 15.6 Å². The standard InChI is InChI=1S/C17H18ClN3O3S/c1-10-16(17(23)21-12-4-7-14(22)19-8-12)25-15(20-10)9-24-13-5-2-11(18)3-6-13/h2-3,5-6,12H,4,7-9H2,1H3,(H,19,22)(H,21,23). The molecule has 0 saturated carbocycles. The van der Waals surface area contributed by atoms with Gasteiger partial charge in [0, 0.05) is 24.0 Å². The molecule has 1 fully saturated rings. The average molecular weight is 380 g/mol. The summed E-state index contributed by atoms with van der Waals surface area (Å²) in [5.74, 6) is 0.566. The third-order valence-corrected chi connectivity index (χ3v) is 5.21. The SMILES string of the molecule is Cc1nc(COc2ccc(Cl)cc2)sc1C(=O)NC1CCC(=O)NC1. The summed E-state index contributed by atoms with van der Waals surface area (Å²) in [7, 11) is 0. The molecule has 1 aliphatic heterocycles. The van der Waals surface area contributed by atoms with Crippen molar-refractivity contribution in [2.45, 2.75) is 32.4 Å². The molecule has 0 spiro atoms. The lowest BCUT2D eigenvalue weighted by Crippen LogP contribution is -2.47. The van der Waals surface area contributed by atoms with Gasteiger partial charge >= 0.3 is 0 Å². The van der Waals surface area contributed by atoms with Gasteiger partial charge < -0.3 is 15.4 Å². The summed E-state index contributed by atoms with van der Waals surface area (Å²) in [4.78, 5) is 28.6. The number of nitrogens with one attached hydrogen (secondary N) is 2. The van der Waals surface area contributed by atoms with Crippen LogP contribution in [0.2, 0.25) is 5.02 Å². The Kier molecular flexibility index (Phi) is 5.55. The van der Waals surface area contributed by atoms with E-state index in [4.69, 9.17) is 16.3 Å². The van der Waals surface area contributed by atoms with E-state index in [9.17, 15) is 9.59 Å². The van der Waals surface area contributed by atoms with E-state index in [0.717, 1.165) is 5.01 Å². The number of amides is 2. The van der Waals surface area contributed by atoms with Crippen molar-refractivity contribution in [1.82, 2.24) is 15.6 Å². The summed E-state index contributed by atoms with van der Waals surface area (Å²) in [6.45, 7) is 2.56. The smallest absolute Gasteiger partial charge is 0.263 e. The molecule has 2 N–H and O–H groups in total. The molecule has 3 rings (SSSR count). The molecule has 0 bridgehead atoms. The maximum Gasteiger partial charge on any atom is 0.263 e. The molecule has 0 radical (unpaired) electrons.